The van der Waals surface area contributed by atoms with Crippen molar-refractivity contribution in [3.63, 3.8) is 0 Å². The Bertz CT molecular complexity index is 825. The highest BCUT2D eigenvalue weighted by atomic mass is 16.2. The second-order valence-electron chi connectivity index (χ2n) is 7.34. The molecule has 2 aliphatic carbocycles. The van der Waals surface area contributed by atoms with E-state index in [1.54, 1.807) is 34.3 Å². The third-order valence-electron chi connectivity index (χ3n) is 5.72. The predicted molar refractivity (Wildman–Crippen MR) is 88.7 cm³/mol. The minimum absolute atomic E-state index is 0.263. The first-order chi connectivity index (χ1) is 12.7. The average Bonchev–Trinajstić information content (AvgIpc) is 3.05. The molecule has 3 atom stereocenters. The van der Waals surface area contributed by atoms with Crippen LogP contribution in [0.15, 0.2) is 24.5 Å². The number of fused-ring (bicyclic) bond motifs is 1. The Labute approximate surface area is 150 Å². The zero-order valence-electron chi connectivity index (χ0n) is 14.2. The Balaban J connectivity index is 1.24. The molecule has 1 aliphatic heterocycles. The monoisotopic (exact) mass is 353 g/mol. The zero-order chi connectivity index (χ0) is 17.7. The molecule has 26 heavy (non-hydrogen) atoms. The molecule has 134 valence electrons. The maximum absolute atomic E-state index is 12.5. The second-order valence-corrected chi connectivity index (χ2v) is 7.34. The summed E-state index contributed by atoms with van der Waals surface area (Å²) < 4.78 is 1.51. The van der Waals surface area contributed by atoms with Crippen LogP contribution in [0, 0.1) is 11.8 Å². The van der Waals surface area contributed by atoms with E-state index >= 15 is 0 Å². The zero-order valence-corrected chi connectivity index (χ0v) is 14.2. The summed E-state index contributed by atoms with van der Waals surface area (Å²) in [6, 6.07) is 3.82. The van der Waals surface area contributed by atoms with E-state index in [9.17, 15) is 9.59 Å². The number of aromatic nitrogens is 5. The van der Waals surface area contributed by atoms with Crippen molar-refractivity contribution in [3.05, 3.63) is 30.2 Å². The highest BCUT2D eigenvalue weighted by Gasteiger charge is 2.50. The Morgan fingerprint density at radius 2 is 1.85 bits per heavy atom. The van der Waals surface area contributed by atoms with Gasteiger partial charge in [0, 0.05) is 19.1 Å². The van der Waals surface area contributed by atoms with Gasteiger partial charge in [0.05, 0.1) is 24.6 Å². The molecular formula is C17H19N7O2. The lowest BCUT2D eigenvalue weighted by molar-refractivity contribution is -0.158. The molecule has 2 aromatic heterocycles. The molecule has 0 bridgehead atoms. The summed E-state index contributed by atoms with van der Waals surface area (Å²) >= 11 is 0. The summed E-state index contributed by atoms with van der Waals surface area (Å²) in [5, 5.41) is 15.8. The number of rotatable bonds is 4. The summed E-state index contributed by atoms with van der Waals surface area (Å²) in [5.41, 5.74) is 0.644. The van der Waals surface area contributed by atoms with Crippen LogP contribution in [-0.4, -0.2) is 65.9 Å². The molecule has 1 saturated heterocycles. The molecule has 0 aromatic carbocycles. The van der Waals surface area contributed by atoms with Gasteiger partial charge >= 0.3 is 11.8 Å². The first kappa shape index (κ1) is 15.4. The number of hydrogen-bond donors (Lipinski definition) is 0. The van der Waals surface area contributed by atoms with Gasteiger partial charge in [-0.3, -0.25) is 9.59 Å². The van der Waals surface area contributed by atoms with Crippen LogP contribution in [0.3, 0.4) is 0 Å². The lowest BCUT2D eigenvalue weighted by Crippen LogP contribution is -2.56. The number of amides is 2. The first-order valence-electron chi connectivity index (χ1n) is 8.98. The molecule has 2 aromatic rings. The van der Waals surface area contributed by atoms with E-state index in [1.807, 2.05) is 0 Å². The van der Waals surface area contributed by atoms with Crippen LogP contribution in [0.5, 0.6) is 0 Å². The lowest BCUT2D eigenvalue weighted by Gasteiger charge is -2.37. The largest absolute Gasteiger partial charge is 0.330 e. The smallest absolute Gasteiger partial charge is 0.312 e. The van der Waals surface area contributed by atoms with Crippen LogP contribution in [0.2, 0.25) is 0 Å². The Morgan fingerprint density at radius 3 is 2.54 bits per heavy atom. The molecule has 0 N–H and O–H groups in total. The van der Waals surface area contributed by atoms with Crippen molar-refractivity contribution in [2.75, 3.05) is 13.1 Å². The van der Waals surface area contributed by atoms with E-state index in [0.717, 1.165) is 24.7 Å². The summed E-state index contributed by atoms with van der Waals surface area (Å²) in [7, 11) is 0. The van der Waals surface area contributed by atoms with Crippen molar-refractivity contribution in [2.24, 2.45) is 11.8 Å². The summed E-state index contributed by atoms with van der Waals surface area (Å²) in [6.07, 6.45) is 6.69. The Morgan fingerprint density at radius 1 is 1.00 bits per heavy atom. The maximum Gasteiger partial charge on any atom is 0.312 e. The quantitative estimate of drug-likeness (QED) is 0.719. The van der Waals surface area contributed by atoms with Crippen molar-refractivity contribution in [2.45, 2.75) is 31.8 Å². The second kappa shape index (κ2) is 5.86. The van der Waals surface area contributed by atoms with Crippen molar-refractivity contribution in [1.82, 2.24) is 35.0 Å². The van der Waals surface area contributed by atoms with Gasteiger partial charge in [-0.1, -0.05) is 5.21 Å². The van der Waals surface area contributed by atoms with Crippen LogP contribution in [0.4, 0.5) is 0 Å². The predicted octanol–water partition coefficient (Wildman–Crippen LogP) is 0.0266. The summed E-state index contributed by atoms with van der Waals surface area (Å²) in [5.74, 6) is 1.34. The molecule has 9 nitrogen and oxygen atoms in total. The fourth-order valence-corrected chi connectivity index (χ4v) is 4.21. The molecular weight excluding hydrogens is 334 g/mol. The highest BCUT2D eigenvalue weighted by Crippen LogP contribution is 2.53. The van der Waals surface area contributed by atoms with Crippen LogP contribution in [-0.2, 0) is 16.1 Å². The molecule has 1 unspecified atom stereocenters. The van der Waals surface area contributed by atoms with Gasteiger partial charge in [-0.2, -0.15) is 5.10 Å². The van der Waals surface area contributed by atoms with Crippen molar-refractivity contribution >= 4 is 11.8 Å². The van der Waals surface area contributed by atoms with Crippen LogP contribution in [0.25, 0.3) is 5.82 Å². The van der Waals surface area contributed by atoms with E-state index in [4.69, 9.17) is 0 Å². The number of nitrogens with zero attached hydrogens (tertiary/aromatic N) is 7. The fraction of sp³-hybridized carbons (Fsp3) is 0.529. The van der Waals surface area contributed by atoms with Gasteiger partial charge in [-0.25, -0.2) is 4.68 Å². The van der Waals surface area contributed by atoms with E-state index in [0.29, 0.717) is 31.1 Å². The summed E-state index contributed by atoms with van der Waals surface area (Å²) in [4.78, 5) is 28.4. The first-order valence-corrected chi connectivity index (χ1v) is 8.98. The maximum atomic E-state index is 12.5. The molecule has 0 radical (unpaired) electrons. The molecule has 5 rings (SSSR count). The van der Waals surface area contributed by atoms with Crippen molar-refractivity contribution < 1.29 is 9.59 Å². The van der Waals surface area contributed by atoms with Gasteiger partial charge in [0.2, 0.25) is 0 Å². The molecule has 3 fully saturated rings. The topological polar surface area (TPSA) is 97.1 Å². The normalized spacial score (nSPS) is 27.8. The van der Waals surface area contributed by atoms with E-state index in [-0.39, 0.29) is 11.9 Å². The van der Waals surface area contributed by atoms with E-state index in [2.05, 4.69) is 20.5 Å². The average molecular weight is 353 g/mol. The Hall–Kier alpha value is -2.84. The van der Waals surface area contributed by atoms with Gasteiger partial charge < -0.3 is 9.80 Å². The van der Waals surface area contributed by atoms with Crippen LogP contribution < -0.4 is 0 Å². The molecule has 9 heteroatoms. The van der Waals surface area contributed by atoms with Crippen molar-refractivity contribution in [1.29, 1.82) is 0 Å². The minimum Gasteiger partial charge on any atom is -0.330 e. The van der Waals surface area contributed by atoms with Gasteiger partial charge in [0.25, 0.3) is 0 Å². The molecule has 0 spiro atoms. The number of hydrogen-bond acceptors (Lipinski definition) is 6. The van der Waals surface area contributed by atoms with Crippen LogP contribution in [0.1, 0.15) is 25.0 Å². The third-order valence-corrected chi connectivity index (χ3v) is 5.72. The fourth-order valence-electron chi connectivity index (χ4n) is 4.21. The molecule has 3 heterocycles. The third kappa shape index (κ3) is 2.63. The minimum atomic E-state index is -0.432. The van der Waals surface area contributed by atoms with E-state index < -0.39 is 5.91 Å². The highest BCUT2D eigenvalue weighted by molar-refractivity contribution is 6.35. The molecule has 2 saturated carbocycles. The lowest BCUT2D eigenvalue weighted by atomic mass is 10.1. The summed E-state index contributed by atoms with van der Waals surface area (Å²) in [6.45, 7) is 1.45. The number of piperazine rings is 1. The van der Waals surface area contributed by atoms with Gasteiger partial charge in [0.1, 0.15) is 0 Å². The number of carbonyl (C=O) groups excluding carboxylic acids is 2. The van der Waals surface area contributed by atoms with Crippen molar-refractivity contribution in [3.8, 4) is 5.82 Å². The SMILES string of the molecule is O=C1C(=O)N(C2C[C@@H]3C[C@@H]3C2)CCN1Cc1ccc(-n2ccnn2)nn1. The standard InChI is InChI=1S/C17H19N7O2/c25-16-17(26)23(14-8-11-7-12(11)9-14)6-5-22(16)10-13-1-2-15(20-19-13)24-4-3-18-21-24/h1-4,11-12,14H,5-10H2/t11-,12+,14?. The van der Waals surface area contributed by atoms with E-state index in [1.165, 1.54) is 11.1 Å². The number of carbonyl (C=O) groups is 2. The van der Waals surface area contributed by atoms with Gasteiger partial charge in [-0.15, -0.1) is 10.2 Å². The Kier molecular flexibility index (Phi) is 3.47. The van der Waals surface area contributed by atoms with Crippen LogP contribution >= 0.6 is 0 Å². The molecule has 3 aliphatic rings. The van der Waals surface area contributed by atoms with Gasteiger partial charge in [0.15, 0.2) is 5.82 Å². The van der Waals surface area contributed by atoms with Gasteiger partial charge in [-0.05, 0) is 43.2 Å². The molecule has 2 amide bonds.